The van der Waals surface area contributed by atoms with Gasteiger partial charge in [-0.25, -0.2) is 0 Å². The molecule has 2 aromatic carbocycles. The highest BCUT2D eigenvalue weighted by Crippen LogP contribution is 2.11. The van der Waals surface area contributed by atoms with Crippen molar-refractivity contribution in [3.05, 3.63) is 84.4 Å². The van der Waals surface area contributed by atoms with Gasteiger partial charge < -0.3 is 0 Å². The van der Waals surface area contributed by atoms with Crippen LogP contribution >= 0.6 is 0 Å². The van der Waals surface area contributed by atoms with Gasteiger partial charge in [0.2, 0.25) is 0 Å². The maximum absolute atomic E-state index is 3.85. The Labute approximate surface area is 246 Å². The molecule has 1 aliphatic rings. The van der Waals surface area contributed by atoms with E-state index in [1.165, 1.54) is 5.56 Å². The van der Waals surface area contributed by atoms with Gasteiger partial charge >= 0.3 is 0 Å². The summed E-state index contributed by atoms with van der Waals surface area (Å²) < 4.78 is 0. The van der Waals surface area contributed by atoms with Crippen molar-refractivity contribution in [3.63, 3.8) is 0 Å². The number of benzene rings is 2. The molecule has 0 unspecified atom stereocenters. The minimum atomic E-state index is 0. The van der Waals surface area contributed by atoms with Crippen molar-refractivity contribution >= 4 is 14.6 Å². The maximum Gasteiger partial charge on any atom is 0.0573 e. The summed E-state index contributed by atoms with van der Waals surface area (Å²) in [5.41, 5.74) is 1.41. The topological polar surface area (TPSA) is 12.4 Å². The summed E-state index contributed by atoms with van der Waals surface area (Å²) in [7, 11) is 0. The van der Waals surface area contributed by atoms with E-state index >= 15 is 0 Å². The van der Waals surface area contributed by atoms with Crippen LogP contribution in [0.2, 0.25) is 0 Å². The standard InChI is InChI=1S/C9H12.C6H6.C4H5N.2C4H10.4C2H6.CH4.B/c1-8(2)9-6-4-3-5-7-9;1-2-4-6-5-3-1;1-2-4-5-3-1;2*1-4(2)3;4*1-2;;/h3-8H,1-2H3;1-6H;1-3H,4H2;2*4H,1-3H3;4*1-2H3;1H4;. The van der Waals surface area contributed by atoms with E-state index in [2.05, 4.69) is 84.6 Å². The third-order valence-electron chi connectivity index (χ3n) is 2.67. The Bertz CT molecular complexity index is 525. The van der Waals surface area contributed by atoms with Crippen LogP contribution in [0.25, 0.3) is 0 Å². The molecular weight excluding hydrogens is 457 g/mol. The molecule has 0 amide bonds. The van der Waals surface area contributed by atoms with Gasteiger partial charge in [0.15, 0.2) is 0 Å². The van der Waals surface area contributed by atoms with Crippen LogP contribution < -0.4 is 0 Å². The van der Waals surface area contributed by atoms with Crippen molar-refractivity contribution in [3.8, 4) is 0 Å². The van der Waals surface area contributed by atoms with Gasteiger partial charge in [-0.05, 0) is 29.4 Å². The number of rotatable bonds is 1. The number of allylic oxidation sites excluding steroid dienone is 1. The molecule has 0 saturated carbocycles. The van der Waals surface area contributed by atoms with Crippen LogP contribution in [0.5, 0.6) is 0 Å². The Morgan fingerprint density at radius 2 is 0.789 bits per heavy atom. The largest absolute Gasteiger partial charge is 0.289 e. The molecule has 2 heteroatoms. The first-order chi connectivity index (χ1) is 17.3. The van der Waals surface area contributed by atoms with Crippen LogP contribution in [0.3, 0.4) is 0 Å². The average molecular weight is 529 g/mol. The summed E-state index contributed by atoms with van der Waals surface area (Å²) in [6.45, 7) is 34.3. The third-order valence-corrected chi connectivity index (χ3v) is 2.67. The van der Waals surface area contributed by atoms with Gasteiger partial charge in [-0.15, -0.1) is 0 Å². The molecule has 0 atom stereocenters. The zero-order valence-corrected chi connectivity index (χ0v) is 28.0. The molecular formula is C36H71BN. The van der Waals surface area contributed by atoms with Crippen LogP contribution in [0.4, 0.5) is 0 Å². The molecule has 3 rings (SSSR count). The Morgan fingerprint density at radius 1 is 0.526 bits per heavy atom. The minimum absolute atomic E-state index is 0. The Balaban J connectivity index is -0.0000000468. The van der Waals surface area contributed by atoms with E-state index in [1.807, 2.05) is 110 Å². The lowest BCUT2D eigenvalue weighted by Crippen LogP contribution is -1.83. The van der Waals surface area contributed by atoms with Crippen LogP contribution in [0.1, 0.15) is 130 Å². The van der Waals surface area contributed by atoms with E-state index in [4.69, 9.17) is 0 Å². The second kappa shape index (κ2) is 59.8. The Kier molecular flexibility index (Phi) is 88.4. The molecule has 2 aromatic rings. The quantitative estimate of drug-likeness (QED) is 0.326. The summed E-state index contributed by atoms with van der Waals surface area (Å²) in [6, 6.07) is 22.5. The summed E-state index contributed by atoms with van der Waals surface area (Å²) in [5.74, 6) is 2.33. The molecule has 1 heterocycles. The lowest BCUT2D eigenvalue weighted by molar-refractivity contribution is 0.736. The molecule has 0 saturated heterocycles. The van der Waals surface area contributed by atoms with Gasteiger partial charge in [0, 0.05) is 14.6 Å². The van der Waals surface area contributed by atoms with Gasteiger partial charge in [-0.1, -0.05) is 191 Å². The fourth-order valence-electron chi connectivity index (χ4n) is 1.53. The van der Waals surface area contributed by atoms with Gasteiger partial charge in [-0.3, -0.25) is 4.99 Å². The van der Waals surface area contributed by atoms with Crippen molar-refractivity contribution in [2.24, 2.45) is 16.8 Å². The fraction of sp³-hybridized carbons (Fsp3) is 0.583. The minimum Gasteiger partial charge on any atom is -0.289 e. The van der Waals surface area contributed by atoms with E-state index in [-0.39, 0.29) is 15.8 Å². The first kappa shape index (κ1) is 56.2. The summed E-state index contributed by atoms with van der Waals surface area (Å²) >= 11 is 0. The second-order valence-electron chi connectivity index (χ2n) is 8.13. The molecule has 0 aromatic heterocycles. The van der Waals surface area contributed by atoms with Crippen molar-refractivity contribution in [1.82, 2.24) is 0 Å². The van der Waals surface area contributed by atoms with E-state index in [1.54, 1.807) is 6.21 Å². The highest BCUT2D eigenvalue weighted by Gasteiger charge is 1.93. The Hall–Kier alpha value is -2.09. The molecule has 1 aliphatic heterocycles. The summed E-state index contributed by atoms with van der Waals surface area (Å²) in [4.78, 5) is 3.85. The highest BCUT2D eigenvalue weighted by atomic mass is 14.7. The van der Waals surface area contributed by atoms with Gasteiger partial charge in [-0.2, -0.15) is 0 Å². The molecule has 0 N–H and O–H groups in total. The number of nitrogens with zero attached hydrogens (tertiary/aromatic N) is 1. The predicted octanol–water partition coefficient (Wildman–Crippen LogP) is 12.8. The molecule has 223 valence electrons. The van der Waals surface area contributed by atoms with E-state index < -0.39 is 0 Å². The molecule has 0 bridgehead atoms. The normalized spacial score (nSPS) is 8.50. The lowest BCUT2D eigenvalue weighted by Gasteiger charge is -2.01. The van der Waals surface area contributed by atoms with Gasteiger partial charge in [0.1, 0.15) is 0 Å². The summed E-state index contributed by atoms with van der Waals surface area (Å²) in [6.07, 6.45) is 5.76. The van der Waals surface area contributed by atoms with E-state index in [9.17, 15) is 0 Å². The zero-order valence-electron chi connectivity index (χ0n) is 28.0. The lowest BCUT2D eigenvalue weighted by atomic mass is 10.0. The maximum atomic E-state index is 3.85. The molecule has 38 heavy (non-hydrogen) atoms. The van der Waals surface area contributed by atoms with E-state index in [0.717, 1.165) is 18.4 Å². The molecule has 0 fully saturated rings. The summed E-state index contributed by atoms with van der Waals surface area (Å²) in [5, 5.41) is 0. The van der Waals surface area contributed by atoms with Crippen molar-refractivity contribution in [1.29, 1.82) is 0 Å². The second-order valence-corrected chi connectivity index (χ2v) is 8.13. The number of hydrogen-bond acceptors (Lipinski definition) is 1. The molecule has 3 radical (unpaired) electrons. The monoisotopic (exact) mass is 529 g/mol. The average Bonchev–Trinajstić information content (AvgIpc) is 3.51. The zero-order chi connectivity index (χ0) is 29.6. The van der Waals surface area contributed by atoms with Gasteiger partial charge in [0.25, 0.3) is 0 Å². The van der Waals surface area contributed by atoms with E-state index in [0.29, 0.717) is 5.92 Å². The highest BCUT2D eigenvalue weighted by molar-refractivity contribution is 5.75. The number of aliphatic imine (C=N–C) groups is 1. The first-order valence-electron chi connectivity index (χ1n) is 14.5. The van der Waals surface area contributed by atoms with Crippen LogP contribution in [0.15, 0.2) is 83.9 Å². The Morgan fingerprint density at radius 3 is 0.921 bits per heavy atom. The first-order valence-corrected chi connectivity index (χ1v) is 14.5. The van der Waals surface area contributed by atoms with Crippen LogP contribution in [-0.4, -0.2) is 21.2 Å². The molecule has 0 spiro atoms. The fourth-order valence-corrected chi connectivity index (χ4v) is 1.53. The molecule has 0 aliphatic carbocycles. The van der Waals surface area contributed by atoms with Crippen LogP contribution in [-0.2, 0) is 0 Å². The van der Waals surface area contributed by atoms with Crippen molar-refractivity contribution < 1.29 is 0 Å². The van der Waals surface area contributed by atoms with Crippen LogP contribution in [0, 0.1) is 11.8 Å². The smallest absolute Gasteiger partial charge is 0.0573 e. The molecule has 1 nitrogen and oxygen atoms in total. The number of hydrogen-bond donors (Lipinski definition) is 0. The third kappa shape index (κ3) is 84.0. The predicted molar refractivity (Wildman–Crippen MR) is 188 cm³/mol. The van der Waals surface area contributed by atoms with Crippen molar-refractivity contribution in [2.75, 3.05) is 6.54 Å². The van der Waals surface area contributed by atoms with Gasteiger partial charge in [0.05, 0.1) is 6.54 Å². The SMILES string of the molecule is C.C1=CCN=C1.CC.CC.CC.CC.CC(C)C.CC(C)C.CC(C)c1ccccc1.[B].c1ccccc1. The van der Waals surface area contributed by atoms with Crippen molar-refractivity contribution in [2.45, 2.75) is 124 Å².